The number of Topliss-reactive ketones (excluding diaryl/α,β-unsaturated/α-hetero) is 1. The minimum atomic E-state index is -0.601. The molecular weight excluding hydrogens is 284 g/mol. The summed E-state index contributed by atoms with van der Waals surface area (Å²) < 4.78 is 1.88. The molecular formula is C20H20N2O. The molecule has 0 radical (unpaired) electrons. The quantitative estimate of drug-likeness (QED) is 0.716. The molecule has 0 spiro atoms. The molecule has 0 amide bonds. The number of aromatic nitrogens is 2. The fraction of sp³-hybridized carbons (Fsp3) is 0.200. The first-order valence-corrected chi connectivity index (χ1v) is 7.72. The highest BCUT2D eigenvalue weighted by atomic mass is 16.1. The van der Waals surface area contributed by atoms with Gasteiger partial charge in [0.2, 0.25) is 0 Å². The molecule has 1 aromatic heterocycles. The average Bonchev–Trinajstić information content (AvgIpc) is 3.02. The van der Waals surface area contributed by atoms with Crippen molar-refractivity contribution in [2.75, 3.05) is 0 Å². The summed E-state index contributed by atoms with van der Waals surface area (Å²) in [5, 5.41) is 4.76. The normalized spacial score (nSPS) is 11.4. The van der Waals surface area contributed by atoms with Gasteiger partial charge in [-0.05, 0) is 39.0 Å². The van der Waals surface area contributed by atoms with Crippen LogP contribution >= 0.6 is 0 Å². The summed E-state index contributed by atoms with van der Waals surface area (Å²) >= 11 is 0. The lowest BCUT2D eigenvalue weighted by Gasteiger charge is -2.22. The van der Waals surface area contributed by atoms with Gasteiger partial charge in [0, 0.05) is 5.56 Å². The SMILES string of the molecule is CC(=O)C(C)(C)c1cc(-c2ccccc2)nn1-c1ccccc1. The molecule has 2 aromatic carbocycles. The number of carbonyl (C=O) groups is 1. The van der Waals surface area contributed by atoms with Gasteiger partial charge < -0.3 is 0 Å². The molecule has 0 N–H and O–H groups in total. The maximum absolute atomic E-state index is 12.2. The molecule has 3 rings (SSSR count). The Morgan fingerprint density at radius 1 is 0.957 bits per heavy atom. The average molecular weight is 304 g/mol. The fourth-order valence-electron chi connectivity index (χ4n) is 2.52. The Balaban J connectivity index is 2.21. The summed E-state index contributed by atoms with van der Waals surface area (Å²) in [5.74, 6) is 0.120. The number of nitrogens with zero attached hydrogens (tertiary/aromatic N) is 2. The first kappa shape index (κ1) is 15.2. The van der Waals surface area contributed by atoms with Gasteiger partial charge in [-0.1, -0.05) is 48.5 Å². The maximum atomic E-state index is 12.2. The topological polar surface area (TPSA) is 34.9 Å². The Hall–Kier alpha value is -2.68. The van der Waals surface area contributed by atoms with Gasteiger partial charge in [0.15, 0.2) is 0 Å². The Kier molecular flexibility index (Phi) is 3.87. The highest BCUT2D eigenvalue weighted by Gasteiger charge is 2.31. The number of benzene rings is 2. The van der Waals surface area contributed by atoms with Crippen molar-refractivity contribution in [1.29, 1.82) is 0 Å². The second-order valence-corrected chi connectivity index (χ2v) is 6.21. The van der Waals surface area contributed by atoms with Gasteiger partial charge in [-0.15, -0.1) is 0 Å². The number of rotatable bonds is 4. The van der Waals surface area contributed by atoms with E-state index < -0.39 is 5.41 Å². The van der Waals surface area contributed by atoms with Crippen molar-refractivity contribution < 1.29 is 4.79 Å². The first-order chi connectivity index (χ1) is 11.0. The van der Waals surface area contributed by atoms with Crippen LogP contribution in [0.25, 0.3) is 16.9 Å². The predicted molar refractivity (Wildman–Crippen MR) is 92.7 cm³/mol. The number of carbonyl (C=O) groups excluding carboxylic acids is 1. The van der Waals surface area contributed by atoms with Crippen molar-refractivity contribution in [3.63, 3.8) is 0 Å². The Bertz CT molecular complexity index is 817. The fourth-order valence-corrected chi connectivity index (χ4v) is 2.52. The summed E-state index contributed by atoms with van der Waals surface area (Å²) in [6, 6.07) is 22.0. The van der Waals surface area contributed by atoms with E-state index in [1.54, 1.807) is 6.92 Å². The zero-order valence-corrected chi connectivity index (χ0v) is 13.7. The van der Waals surface area contributed by atoms with Crippen molar-refractivity contribution in [3.8, 4) is 16.9 Å². The highest BCUT2D eigenvalue weighted by molar-refractivity contribution is 5.87. The third kappa shape index (κ3) is 2.82. The zero-order valence-electron chi connectivity index (χ0n) is 13.7. The second kappa shape index (κ2) is 5.84. The Labute approximate surface area is 136 Å². The van der Waals surface area contributed by atoms with Crippen LogP contribution < -0.4 is 0 Å². The van der Waals surface area contributed by atoms with E-state index in [9.17, 15) is 4.79 Å². The van der Waals surface area contributed by atoms with Crippen LogP contribution in [0.2, 0.25) is 0 Å². The van der Waals surface area contributed by atoms with Gasteiger partial charge >= 0.3 is 0 Å². The van der Waals surface area contributed by atoms with Crippen molar-refractivity contribution >= 4 is 5.78 Å². The highest BCUT2D eigenvalue weighted by Crippen LogP contribution is 2.30. The van der Waals surface area contributed by atoms with E-state index in [0.717, 1.165) is 22.6 Å². The van der Waals surface area contributed by atoms with Crippen LogP contribution in [0.4, 0.5) is 0 Å². The van der Waals surface area contributed by atoms with Crippen molar-refractivity contribution in [3.05, 3.63) is 72.4 Å². The lowest BCUT2D eigenvalue weighted by molar-refractivity contribution is -0.121. The molecule has 0 saturated carbocycles. The number of ketones is 1. The lowest BCUT2D eigenvalue weighted by atomic mass is 9.84. The molecule has 0 aliphatic rings. The summed E-state index contributed by atoms with van der Waals surface area (Å²) in [6.45, 7) is 5.52. The number of para-hydroxylation sites is 1. The van der Waals surface area contributed by atoms with Crippen molar-refractivity contribution in [2.24, 2.45) is 0 Å². The predicted octanol–water partition coefficient (Wildman–Crippen LogP) is 4.41. The molecule has 0 aliphatic carbocycles. The minimum Gasteiger partial charge on any atom is -0.299 e. The first-order valence-electron chi connectivity index (χ1n) is 7.72. The van der Waals surface area contributed by atoms with Gasteiger partial charge in [-0.25, -0.2) is 4.68 Å². The summed E-state index contributed by atoms with van der Waals surface area (Å²) in [4.78, 5) is 12.2. The molecule has 3 heteroatoms. The molecule has 0 unspecified atom stereocenters. The van der Waals surface area contributed by atoms with Gasteiger partial charge in [0.1, 0.15) is 5.78 Å². The van der Waals surface area contributed by atoms with Gasteiger partial charge in [0.25, 0.3) is 0 Å². The van der Waals surface area contributed by atoms with Crippen molar-refractivity contribution in [2.45, 2.75) is 26.2 Å². The second-order valence-electron chi connectivity index (χ2n) is 6.21. The standard InChI is InChI=1S/C20H20N2O/c1-15(23)20(2,3)19-14-18(16-10-6-4-7-11-16)21-22(19)17-12-8-5-9-13-17/h4-14H,1-3H3. The van der Waals surface area contributed by atoms with Crippen LogP contribution in [0.15, 0.2) is 66.7 Å². The van der Waals surface area contributed by atoms with E-state index in [4.69, 9.17) is 5.10 Å². The van der Waals surface area contributed by atoms with Gasteiger partial charge in [0.05, 0.1) is 22.5 Å². The van der Waals surface area contributed by atoms with Crippen LogP contribution in [0, 0.1) is 0 Å². The van der Waals surface area contributed by atoms with E-state index in [1.807, 2.05) is 85.3 Å². The largest absolute Gasteiger partial charge is 0.299 e. The van der Waals surface area contributed by atoms with E-state index in [0.29, 0.717) is 0 Å². The molecule has 0 atom stereocenters. The third-order valence-electron chi connectivity index (χ3n) is 4.30. The number of hydrogen-bond acceptors (Lipinski definition) is 2. The van der Waals surface area contributed by atoms with Gasteiger partial charge in [-0.2, -0.15) is 5.10 Å². The smallest absolute Gasteiger partial charge is 0.141 e. The molecule has 23 heavy (non-hydrogen) atoms. The van der Waals surface area contributed by atoms with Gasteiger partial charge in [-0.3, -0.25) is 4.79 Å². The summed E-state index contributed by atoms with van der Waals surface area (Å²) in [7, 11) is 0. The minimum absolute atomic E-state index is 0.120. The lowest BCUT2D eigenvalue weighted by Crippen LogP contribution is -2.29. The van der Waals surface area contributed by atoms with Crippen molar-refractivity contribution in [1.82, 2.24) is 9.78 Å². The van der Waals surface area contributed by atoms with Crippen LogP contribution in [0.5, 0.6) is 0 Å². The van der Waals surface area contributed by atoms with E-state index in [1.165, 1.54) is 0 Å². The molecule has 0 bridgehead atoms. The van der Waals surface area contributed by atoms with E-state index in [2.05, 4.69) is 0 Å². The van der Waals surface area contributed by atoms with Crippen LogP contribution in [-0.4, -0.2) is 15.6 Å². The molecule has 0 fully saturated rings. The molecule has 3 nitrogen and oxygen atoms in total. The summed E-state index contributed by atoms with van der Waals surface area (Å²) in [5.41, 5.74) is 3.17. The monoisotopic (exact) mass is 304 g/mol. The molecule has 3 aromatic rings. The van der Waals surface area contributed by atoms with E-state index >= 15 is 0 Å². The summed E-state index contributed by atoms with van der Waals surface area (Å²) in [6.07, 6.45) is 0. The van der Waals surface area contributed by atoms with Crippen LogP contribution in [0.3, 0.4) is 0 Å². The molecule has 1 heterocycles. The Morgan fingerprint density at radius 3 is 2.09 bits per heavy atom. The van der Waals surface area contributed by atoms with E-state index in [-0.39, 0.29) is 5.78 Å². The number of hydrogen-bond donors (Lipinski definition) is 0. The zero-order chi connectivity index (χ0) is 16.4. The van der Waals surface area contributed by atoms with Crippen LogP contribution in [0.1, 0.15) is 26.5 Å². The third-order valence-corrected chi connectivity index (χ3v) is 4.30. The Morgan fingerprint density at radius 2 is 1.52 bits per heavy atom. The molecule has 0 saturated heterocycles. The molecule has 0 aliphatic heterocycles. The van der Waals surface area contributed by atoms with Crippen LogP contribution in [-0.2, 0) is 10.2 Å². The molecule has 116 valence electrons. The maximum Gasteiger partial charge on any atom is 0.141 e.